The summed E-state index contributed by atoms with van der Waals surface area (Å²) >= 11 is 1.38. The highest BCUT2D eigenvalue weighted by atomic mass is 32.1. The quantitative estimate of drug-likeness (QED) is 0.370. The van der Waals surface area contributed by atoms with Crippen molar-refractivity contribution in [3.63, 3.8) is 0 Å². The molecule has 0 aliphatic heterocycles. The molecular weight excluding hydrogens is 360 g/mol. The molecule has 2 aromatic carbocycles. The second-order valence-corrected chi connectivity index (χ2v) is 6.84. The van der Waals surface area contributed by atoms with Crippen LogP contribution in [0.1, 0.15) is 16.1 Å². The number of nitriles is 1. The molecule has 1 heterocycles. The zero-order valence-corrected chi connectivity index (χ0v) is 15.6. The van der Waals surface area contributed by atoms with Gasteiger partial charge >= 0.3 is 0 Å². The molecule has 0 aliphatic carbocycles. The van der Waals surface area contributed by atoms with Crippen molar-refractivity contribution < 1.29 is 4.92 Å². The van der Waals surface area contributed by atoms with Crippen LogP contribution in [-0.2, 0) is 0 Å². The van der Waals surface area contributed by atoms with E-state index in [4.69, 9.17) is 0 Å². The van der Waals surface area contributed by atoms with E-state index in [1.807, 2.05) is 31.4 Å². The van der Waals surface area contributed by atoms with E-state index in [2.05, 4.69) is 22.4 Å². The highest BCUT2D eigenvalue weighted by Crippen LogP contribution is 2.29. The number of non-ortho nitro benzene ring substituents is 1. The van der Waals surface area contributed by atoms with Crippen LogP contribution in [0.25, 0.3) is 16.8 Å². The number of nitrogens with one attached hydrogen (secondary N) is 1. The number of thiazole rings is 1. The minimum Gasteiger partial charge on any atom is -0.360 e. The van der Waals surface area contributed by atoms with Crippen LogP contribution in [0, 0.1) is 35.3 Å². The van der Waals surface area contributed by atoms with Gasteiger partial charge in [-0.25, -0.2) is 4.98 Å². The van der Waals surface area contributed by atoms with Gasteiger partial charge in [-0.2, -0.15) is 5.26 Å². The summed E-state index contributed by atoms with van der Waals surface area (Å²) in [4.78, 5) is 15.0. The second kappa shape index (κ2) is 7.81. The molecule has 0 aliphatic rings. The number of allylic oxidation sites excluding steroid dienone is 1. The molecule has 0 spiro atoms. The van der Waals surface area contributed by atoms with Gasteiger partial charge in [0.2, 0.25) is 0 Å². The Morgan fingerprint density at radius 1 is 1.30 bits per heavy atom. The van der Waals surface area contributed by atoms with Crippen LogP contribution in [0.3, 0.4) is 0 Å². The van der Waals surface area contributed by atoms with E-state index in [-0.39, 0.29) is 5.69 Å². The van der Waals surface area contributed by atoms with Crippen LogP contribution < -0.4 is 5.32 Å². The maximum atomic E-state index is 10.9. The molecular formula is C20H16N4O2S. The van der Waals surface area contributed by atoms with Gasteiger partial charge in [0, 0.05) is 35.0 Å². The largest absolute Gasteiger partial charge is 0.360 e. The van der Waals surface area contributed by atoms with Crippen LogP contribution in [0.5, 0.6) is 0 Å². The summed E-state index contributed by atoms with van der Waals surface area (Å²) < 4.78 is 0. The average Bonchev–Trinajstić information content (AvgIpc) is 3.12. The summed E-state index contributed by atoms with van der Waals surface area (Å²) in [5.74, 6) is 0. The normalized spacial score (nSPS) is 11.1. The van der Waals surface area contributed by atoms with Gasteiger partial charge in [-0.05, 0) is 25.5 Å². The molecule has 1 aromatic heterocycles. The van der Waals surface area contributed by atoms with Crippen molar-refractivity contribution in [1.82, 2.24) is 4.98 Å². The third-order valence-electron chi connectivity index (χ3n) is 3.95. The molecule has 1 N–H and O–H groups in total. The Bertz CT molecular complexity index is 1080. The van der Waals surface area contributed by atoms with Crippen molar-refractivity contribution in [3.05, 3.63) is 80.3 Å². The first-order chi connectivity index (χ1) is 13.0. The fourth-order valence-electron chi connectivity index (χ4n) is 2.63. The van der Waals surface area contributed by atoms with E-state index < -0.39 is 4.92 Å². The van der Waals surface area contributed by atoms with Gasteiger partial charge in [0.25, 0.3) is 5.69 Å². The zero-order chi connectivity index (χ0) is 19.4. The minimum absolute atomic E-state index is 0.0155. The highest BCUT2D eigenvalue weighted by Gasteiger charge is 2.11. The first kappa shape index (κ1) is 18.3. The number of benzene rings is 2. The number of nitro groups is 1. The number of aromatic nitrogens is 1. The van der Waals surface area contributed by atoms with Crippen molar-refractivity contribution in [3.8, 4) is 17.3 Å². The molecule has 0 saturated heterocycles. The first-order valence-electron chi connectivity index (χ1n) is 8.12. The minimum atomic E-state index is -0.461. The van der Waals surface area contributed by atoms with Gasteiger partial charge in [0.15, 0.2) is 0 Å². The van der Waals surface area contributed by atoms with Crippen molar-refractivity contribution in [2.24, 2.45) is 0 Å². The van der Waals surface area contributed by atoms with Gasteiger partial charge in [-0.15, -0.1) is 11.3 Å². The zero-order valence-electron chi connectivity index (χ0n) is 14.8. The molecule has 0 fully saturated rings. The lowest BCUT2D eigenvalue weighted by molar-refractivity contribution is -0.384. The predicted octanol–water partition coefficient (Wildman–Crippen LogP) is 5.31. The van der Waals surface area contributed by atoms with Gasteiger partial charge in [0.05, 0.1) is 10.6 Å². The average molecular weight is 376 g/mol. The molecule has 0 bridgehead atoms. The maximum absolute atomic E-state index is 10.9. The van der Waals surface area contributed by atoms with Crippen molar-refractivity contribution >= 4 is 28.3 Å². The van der Waals surface area contributed by atoms with E-state index in [0.29, 0.717) is 16.3 Å². The molecule has 0 radical (unpaired) electrons. The summed E-state index contributed by atoms with van der Waals surface area (Å²) in [6, 6.07) is 14.4. The third kappa shape index (κ3) is 4.19. The van der Waals surface area contributed by atoms with Gasteiger partial charge < -0.3 is 5.32 Å². The molecule has 3 aromatic rings. The summed E-state index contributed by atoms with van der Waals surface area (Å²) in [6.07, 6.45) is 1.52. The summed E-state index contributed by atoms with van der Waals surface area (Å²) in [5, 5.41) is 25.8. The van der Waals surface area contributed by atoms with Gasteiger partial charge in [-0.3, -0.25) is 10.1 Å². The Kier molecular flexibility index (Phi) is 5.29. The van der Waals surface area contributed by atoms with Crippen molar-refractivity contribution in [2.75, 3.05) is 5.32 Å². The number of anilines is 1. The fourth-order valence-corrected chi connectivity index (χ4v) is 3.41. The number of nitro benzene ring substituents is 1. The van der Waals surface area contributed by atoms with Gasteiger partial charge in [0.1, 0.15) is 16.6 Å². The highest BCUT2D eigenvalue weighted by molar-refractivity contribution is 7.11. The molecule has 3 rings (SSSR count). The first-order valence-corrected chi connectivity index (χ1v) is 9.00. The molecule has 0 atom stereocenters. The molecule has 27 heavy (non-hydrogen) atoms. The van der Waals surface area contributed by atoms with Crippen LogP contribution in [0.15, 0.2) is 54.0 Å². The van der Waals surface area contributed by atoms with Crippen LogP contribution in [0.2, 0.25) is 0 Å². The van der Waals surface area contributed by atoms with E-state index in [9.17, 15) is 15.4 Å². The number of hydrogen-bond donors (Lipinski definition) is 1. The molecule has 0 amide bonds. The van der Waals surface area contributed by atoms with Crippen LogP contribution in [0.4, 0.5) is 11.4 Å². The lowest BCUT2D eigenvalue weighted by Crippen LogP contribution is -1.93. The Labute approximate surface area is 160 Å². The van der Waals surface area contributed by atoms with E-state index >= 15 is 0 Å². The van der Waals surface area contributed by atoms with Crippen molar-refractivity contribution in [2.45, 2.75) is 13.8 Å². The Hall–Kier alpha value is -3.50. The number of aryl methyl sites for hydroxylation is 2. The second-order valence-electron chi connectivity index (χ2n) is 5.98. The lowest BCUT2D eigenvalue weighted by Gasteiger charge is -2.03. The van der Waals surface area contributed by atoms with E-state index in [0.717, 1.165) is 16.8 Å². The van der Waals surface area contributed by atoms with E-state index in [1.54, 1.807) is 12.1 Å². The van der Waals surface area contributed by atoms with Crippen LogP contribution in [-0.4, -0.2) is 9.91 Å². The molecule has 0 saturated carbocycles. The number of rotatable bonds is 5. The summed E-state index contributed by atoms with van der Waals surface area (Å²) in [6.45, 7) is 4.08. The molecule has 134 valence electrons. The Balaban J connectivity index is 1.85. The fraction of sp³-hybridized carbons (Fsp3) is 0.100. The maximum Gasteiger partial charge on any atom is 0.271 e. The van der Waals surface area contributed by atoms with Crippen molar-refractivity contribution in [1.29, 1.82) is 5.26 Å². The summed E-state index contributed by atoms with van der Waals surface area (Å²) in [7, 11) is 0. The summed E-state index contributed by atoms with van der Waals surface area (Å²) in [5.41, 5.74) is 5.05. The standard InChI is InChI=1S/C20H16N4O2S/c1-13-6-7-18(14(2)8-13)19-12-27-20(23-19)15(10-21)11-22-16-4-3-5-17(9-16)24(25)26/h3-9,11-12,22H,1-2H3/b15-11+. The Morgan fingerprint density at radius 3 is 2.81 bits per heavy atom. The third-order valence-corrected chi connectivity index (χ3v) is 4.83. The SMILES string of the molecule is Cc1ccc(-c2csc(/C(C#N)=C/Nc3cccc([N+](=O)[O-])c3)n2)c(C)c1. The Morgan fingerprint density at radius 2 is 2.11 bits per heavy atom. The van der Waals surface area contributed by atoms with Gasteiger partial charge in [-0.1, -0.05) is 29.8 Å². The molecule has 6 nitrogen and oxygen atoms in total. The topological polar surface area (TPSA) is 91.8 Å². The molecule has 7 heteroatoms. The predicted molar refractivity (Wildman–Crippen MR) is 107 cm³/mol. The number of hydrogen-bond acceptors (Lipinski definition) is 6. The van der Waals surface area contributed by atoms with E-state index in [1.165, 1.54) is 35.2 Å². The van der Waals surface area contributed by atoms with Crippen LogP contribution >= 0.6 is 11.3 Å². The monoisotopic (exact) mass is 376 g/mol. The molecule has 0 unspecified atom stereocenters. The lowest BCUT2D eigenvalue weighted by atomic mass is 10.0. The smallest absolute Gasteiger partial charge is 0.271 e. The number of nitrogens with zero attached hydrogens (tertiary/aromatic N) is 3.